The minimum absolute atomic E-state index is 0.0501. The number of hydrogen-bond acceptors (Lipinski definition) is 1. The lowest BCUT2D eigenvalue weighted by Gasteiger charge is -2.39. The Kier molecular flexibility index (Phi) is 3.69. The molecule has 0 radical (unpaired) electrons. The molecule has 0 aliphatic carbocycles. The third kappa shape index (κ3) is 2.01. The molecule has 0 aromatic heterocycles. The van der Waals surface area contributed by atoms with Gasteiger partial charge in [-0.3, -0.25) is 0 Å². The maximum absolute atomic E-state index is 6.36. The molecule has 0 spiro atoms. The van der Waals surface area contributed by atoms with E-state index >= 15 is 0 Å². The van der Waals surface area contributed by atoms with Gasteiger partial charge in [-0.15, -0.1) is 0 Å². The molecular formula is C12H23BrO. The molecule has 1 atom stereocenters. The highest BCUT2D eigenvalue weighted by Gasteiger charge is 2.49. The topological polar surface area (TPSA) is 9.23 Å². The van der Waals surface area contributed by atoms with Crippen LogP contribution < -0.4 is 0 Å². The Balaban J connectivity index is 2.85. The zero-order chi connectivity index (χ0) is 11.0. The summed E-state index contributed by atoms with van der Waals surface area (Å²) in [6.45, 7) is 11.3. The summed E-state index contributed by atoms with van der Waals surface area (Å²) >= 11 is 3.56. The van der Waals surface area contributed by atoms with Crippen molar-refractivity contribution in [1.29, 1.82) is 0 Å². The maximum atomic E-state index is 6.36. The Labute approximate surface area is 96.7 Å². The van der Waals surface area contributed by atoms with E-state index < -0.39 is 0 Å². The summed E-state index contributed by atoms with van der Waals surface area (Å²) in [5, 5.41) is 0.946. The SMILES string of the molecule is CC(C)C1(C(C)C)CCC(C)(CBr)O1. The lowest BCUT2D eigenvalue weighted by Crippen LogP contribution is -2.43. The first-order valence-electron chi connectivity index (χ1n) is 5.62. The summed E-state index contributed by atoms with van der Waals surface area (Å²) in [6.07, 6.45) is 2.37. The van der Waals surface area contributed by atoms with Crippen molar-refractivity contribution in [2.24, 2.45) is 11.8 Å². The lowest BCUT2D eigenvalue weighted by molar-refractivity contribution is -0.132. The normalized spacial score (nSPS) is 31.7. The average Bonchev–Trinajstić information content (AvgIpc) is 2.46. The van der Waals surface area contributed by atoms with Gasteiger partial charge in [0.1, 0.15) is 0 Å². The van der Waals surface area contributed by atoms with E-state index in [1.807, 2.05) is 0 Å². The zero-order valence-corrected chi connectivity index (χ0v) is 11.6. The van der Waals surface area contributed by atoms with Gasteiger partial charge in [0.05, 0.1) is 11.2 Å². The fourth-order valence-corrected chi connectivity index (χ4v) is 2.99. The molecule has 1 nitrogen and oxygen atoms in total. The molecule has 1 rings (SSSR count). The summed E-state index contributed by atoms with van der Waals surface area (Å²) in [5.41, 5.74) is 0.150. The molecule has 2 heteroatoms. The van der Waals surface area contributed by atoms with Gasteiger partial charge >= 0.3 is 0 Å². The van der Waals surface area contributed by atoms with Gasteiger partial charge in [0, 0.05) is 5.33 Å². The summed E-state index contributed by atoms with van der Waals surface area (Å²) in [7, 11) is 0. The van der Waals surface area contributed by atoms with Gasteiger partial charge in [-0.25, -0.2) is 0 Å². The predicted molar refractivity (Wildman–Crippen MR) is 64.9 cm³/mol. The van der Waals surface area contributed by atoms with Crippen molar-refractivity contribution >= 4 is 15.9 Å². The van der Waals surface area contributed by atoms with Crippen LogP contribution in [0, 0.1) is 11.8 Å². The highest BCUT2D eigenvalue weighted by Crippen LogP contribution is 2.47. The van der Waals surface area contributed by atoms with Crippen molar-refractivity contribution in [3.8, 4) is 0 Å². The van der Waals surface area contributed by atoms with Crippen molar-refractivity contribution < 1.29 is 4.74 Å². The van der Waals surface area contributed by atoms with Crippen LogP contribution in [0.2, 0.25) is 0 Å². The number of rotatable bonds is 3. The summed E-state index contributed by atoms with van der Waals surface area (Å²) < 4.78 is 6.36. The Morgan fingerprint density at radius 2 is 1.64 bits per heavy atom. The van der Waals surface area contributed by atoms with E-state index in [1.165, 1.54) is 12.8 Å². The van der Waals surface area contributed by atoms with E-state index in [0.717, 1.165) is 5.33 Å². The third-order valence-electron chi connectivity index (χ3n) is 3.72. The first-order chi connectivity index (χ1) is 6.36. The zero-order valence-electron chi connectivity index (χ0n) is 10.1. The summed E-state index contributed by atoms with van der Waals surface area (Å²) in [5.74, 6) is 1.20. The van der Waals surface area contributed by atoms with Crippen LogP contribution >= 0.6 is 15.9 Å². The first-order valence-corrected chi connectivity index (χ1v) is 6.74. The largest absolute Gasteiger partial charge is 0.367 e. The first kappa shape index (κ1) is 12.5. The molecule has 0 bridgehead atoms. The fourth-order valence-electron chi connectivity index (χ4n) is 2.59. The minimum atomic E-state index is 0.0501. The van der Waals surface area contributed by atoms with E-state index in [1.54, 1.807) is 0 Å². The van der Waals surface area contributed by atoms with Gasteiger partial charge < -0.3 is 4.74 Å². The highest BCUT2D eigenvalue weighted by molar-refractivity contribution is 9.09. The Bertz CT molecular complexity index is 192. The molecule has 0 aromatic carbocycles. The van der Waals surface area contributed by atoms with Crippen molar-refractivity contribution in [1.82, 2.24) is 0 Å². The van der Waals surface area contributed by atoms with Crippen LogP contribution in [0.5, 0.6) is 0 Å². The van der Waals surface area contributed by atoms with Gasteiger partial charge in [-0.05, 0) is 31.6 Å². The molecule has 84 valence electrons. The number of alkyl halides is 1. The Morgan fingerprint density at radius 3 is 1.86 bits per heavy atom. The smallest absolute Gasteiger partial charge is 0.0759 e. The molecule has 0 N–H and O–H groups in total. The van der Waals surface area contributed by atoms with Gasteiger partial charge in [-0.2, -0.15) is 0 Å². The van der Waals surface area contributed by atoms with Gasteiger partial charge in [-0.1, -0.05) is 43.6 Å². The van der Waals surface area contributed by atoms with Crippen LogP contribution in [0.1, 0.15) is 47.5 Å². The summed E-state index contributed by atoms with van der Waals surface area (Å²) in [6, 6.07) is 0. The molecule has 14 heavy (non-hydrogen) atoms. The lowest BCUT2D eigenvalue weighted by atomic mass is 9.78. The van der Waals surface area contributed by atoms with E-state index in [9.17, 15) is 0 Å². The van der Waals surface area contributed by atoms with E-state index in [-0.39, 0.29) is 11.2 Å². The van der Waals surface area contributed by atoms with Crippen LogP contribution in [0.4, 0.5) is 0 Å². The monoisotopic (exact) mass is 262 g/mol. The average molecular weight is 263 g/mol. The number of hydrogen-bond donors (Lipinski definition) is 0. The number of ether oxygens (including phenoxy) is 1. The Hall–Kier alpha value is 0.440. The standard InChI is InChI=1S/C12H23BrO/c1-9(2)12(10(3)4)7-6-11(5,8-13)14-12/h9-10H,6-8H2,1-5H3. The van der Waals surface area contributed by atoms with Crippen LogP contribution in [0.15, 0.2) is 0 Å². The van der Waals surface area contributed by atoms with Gasteiger partial charge in [0.2, 0.25) is 0 Å². The van der Waals surface area contributed by atoms with Crippen molar-refractivity contribution in [2.45, 2.75) is 58.7 Å². The van der Waals surface area contributed by atoms with Crippen LogP contribution in [-0.4, -0.2) is 16.5 Å². The molecule has 1 aliphatic heterocycles. The van der Waals surface area contributed by atoms with E-state index in [0.29, 0.717) is 11.8 Å². The molecule has 0 aromatic rings. The second-order valence-electron chi connectivity index (χ2n) is 5.45. The molecule has 1 aliphatic rings. The molecule has 1 heterocycles. The second kappa shape index (κ2) is 4.13. The molecule has 1 unspecified atom stereocenters. The second-order valence-corrected chi connectivity index (χ2v) is 6.01. The third-order valence-corrected chi connectivity index (χ3v) is 4.90. The van der Waals surface area contributed by atoms with Crippen LogP contribution in [0.3, 0.4) is 0 Å². The van der Waals surface area contributed by atoms with E-state index in [2.05, 4.69) is 50.5 Å². The molecule has 0 amide bonds. The van der Waals surface area contributed by atoms with Gasteiger partial charge in [0.25, 0.3) is 0 Å². The highest BCUT2D eigenvalue weighted by atomic mass is 79.9. The number of halogens is 1. The van der Waals surface area contributed by atoms with Crippen molar-refractivity contribution in [2.75, 3.05) is 5.33 Å². The molecular weight excluding hydrogens is 240 g/mol. The maximum Gasteiger partial charge on any atom is 0.0759 e. The Morgan fingerprint density at radius 1 is 1.14 bits per heavy atom. The van der Waals surface area contributed by atoms with Crippen molar-refractivity contribution in [3.63, 3.8) is 0 Å². The van der Waals surface area contributed by atoms with Crippen LogP contribution in [-0.2, 0) is 4.74 Å². The van der Waals surface area contributed by atoms with Gasteiger partial charge in [0.15, 0.2) is 0 Å². The summed E-state index contributed by atoms with van der Waals surface area (Å²) in [4.78, 5) is 0. The molecule has 1 saturated heterocycles. The van der Waals surface area contributed by atoms with E-state index in [4.69, 9.17) is 4.74 Å². The van der Waals surface area contributed by atoms with Crippen molar-refractivity contribution in [3.05, 3.63) is 0 Å². The molecule has 0 saturated carbocycles. The quantitative estimate of drug-likeness (QED) is 0.699. The minimum Gasteiger partial charge on any atom is -0.367 e. The fraction of sp³-hybridized carbons (Fsp3) is 1.00. The van der Waals surface area contributed by atoms with Crippen LogP contribution in [0.25, 0.3) is 0 Å². The molecule has 1 fully saturated rings. The predicted octanol–water partition coefficient (Wildman–Crippen LogP) is 4.00.